The molecule has 2 rings (SSSR count). The summed E-state index contributed by atoms with van der Waals surface area (Å²) in [7, 11) is 1.64. The molecule has 3 nitrogen and oxygen atoms in total. The SMILES string of the molecule is CO/C=C1/C(c2c(C)cc(C)cc2C)=NOC1C. The first-order chi connectivity index (χ1) is 8.54. The van der Waals surface area contributed by atoms with Crippen molar-refractivity contribution in [2.45, 2.75) is 33.8 Å². The molecule has 0 bridgehead atoms. The first-order valence-electron chi connectivity index (χ1n) is 6.10. The minimum Gasteiger partial charge on any atom is -0.504 e. The molecule has 0 spiro atoms. The van der Waals surface area contributed by atoms with E-state index in [4.69, 9.17) is 9.57 Å². The maximum Gasteiger partial charge on any atom is 0.155 e. The van der Waals surface area contributed by atoms with Crippen LogP contribution < -0.4 is 0 Å². The second-order valence-corrected chi connectivity index (χ2v) is 4.77. The molecule has 1 aliphatic rings. The lowest BCUT2D eigenvalue weighted by Crippen LogP contribution is -2.12. The van der Waals surface area contributed by atoms with Crippen LogP contribution in [0.3, 0.4) is 0 Å². The zero-order valence-corrected chi connectivity index (χ0v) is 11.6. The van der Waals surface area contributed by atoms with Gasteiger partial charge in [0, 0.05) is 5.56 Å². The minimum absolute atomic E-state index is 0.0555. The molecular weight excluding hydrogens is 226 g/mol. The number of methoxy groups -OCH3 is 1. The van der Waals surface area contributed by atoms with E-state index in [0.717, 1.165) is 16.8 Å². The Bertz CT molecular complexity index is 506. The fourth-order valence-electron chi connectivity index (χ4n) is 2.46. The van der Waals surface area contributed by atoms with E-state index in [0.29, 0.717) is 0 Å². The van der Waals surface area contributed by atoms with Crippen LogP contribution in [0.5, 0.6) is 0 Å². The van der Waals surface area contributed by atoms with Crippen molar-refractivity contribution in [2.75, 3.05) is 7.11 Å². The fourth-order valence-corrected chi connectivity index (χ4v) is 2.46. The van der Waals surface area contributed by atoms with Crippen LogP contribution in [-0.4, -0.2) is 18.9 Å². The van der Waals surface area contributed by atoms with Crippen LogP contribution in [-0.2, 0) is 9.57 Å². The van der Waals surface area contributed by atoms with Crippen molar-refractivity contribution in [1.82, 2.24) is 0 Å². The third-order valence-corrected chi connectivity index (χ3v) is 3.17. The van der Waals surface area contributed by atoms with Crippen molar-refractivity contribution < 1.29 is 9.57 Å². The molecule has 0 radical (unpaired) electrons. The Kier molecular flexibility index (Phi) is 3.41. The summed E-state index contributed by atoms with van der Waals surface area (Å²) < 4.78 is 5.13. The summed E-state index contributed by atoms with van der Waals surface area (Å²) in [6.07, 6.45) is 1.66. The fraction of sp³-hybridized carbons (Fsp3) is 0.400. The van der Waals surface area contributed by atoms with Crippen LogP contribution >= 0.6 is 0 Å². The monoisotopic (exact) mass is 245 g/mol. The van der Waals surface area contributed by atoms with E-state index in [-0.39, 0.29) is 6.10 Å². The molecule has 1 atom stereocenters. The maximum atomic E-state index is 5.36. The number of hydrogen-bond donors (Lipinski definition) is 0. The van der Waals surface area contributed by atoms with E-state index in [1.165, 1.54) is 16.7 Å². The molecule has 0 aromatic heterocycles. The van der Waals surface area contributed by atoms with Gasteiger partial charge >= 0.3 is 0 Å². The summed E-state index contributed by atoms with van der Waals surface area (Å²) in [5, 5.41) is 4.21. The predicted octanol–water partition coefficient (Wildman–Crippen LogP) is 3.26. The normalized spacial score (nSPS) is 20.8. The van der Waals surface area contributed by atoms with Gasteiger partial charge in [0.25, 0.3) is 0 Å². The van der Waals surface area contributed by atoms with Crippen molar-refractivity contribution in [1.29, 1.82) is 0 Å². The van der Waals surface area contributed by atoms with Gasteiger partial charge < -0.3 is 9.57 Å². The van der Waals surface area contributed by atoms with Gasteiger partial charge in [0.2, 0.25) is 0 Å². The highest BCUT2D eigenvalue weighted by Gasteiger charge is 2.27. The summed E-state index contributed by atoms with van der Waals surface area (Å²) >= 11 is 0. The Balaban J connectivity index is 2.53. The van der Waals surface area contributed by atoms with Gasteiger partial charge in [-0.1, -0.05) is 22.9 Å². The predicted molar refractivity (Wildman–Crippen MR) is 72.8 cm³/mol. The van der Waals surface area contributed by atoms with Crippen molar-refractivity contribution in [3.05, 3.63) is 46.2 Å². The zero-order chi connectivity index (χ0) is 13.3. The summed E-state index contributed by atoms with van der Waals surface area (Å²) in [5.74, 6) is 0. The van der Waals surface area contributed by atoms with E-state index >= 15 is 0 Å². The molecule has 96 valence electrons. The molecule has 0 N–H and O–H groups in total. The van der Waals surface area contributed by atoms with Gasteiger partial charge in [-0.15, -0.1) is 0 Å². The Hall–Kier alpha value is -1.77. The van der Waals surface area contributed by atoms with Gasteiger partial charge in [-0.05, 0) is 38.8 Å². The summed E-state index contributed by atoms with van der Waals surface area (Å²) in [4.78, 5) is 5.36. The highest BCUT2D eigenvalue weighted by atomic mass is 16.6. The van der Waals surface area contributed by atoms with Crippen LogP contribution in [0.15, 0.2) is 29.1 Å². The van der Waals surface area contributed by atoms with E-state index < -0.39 is 0 Å². The zero-order valence-electron chi connectivity index (χ0n) is 11.6. The van der Waals surface area contributed by atoms with E-state index in [2.05, 4.69) is 38.1 Å². The van der Waals surface area contributed by atoms with Crippen LogP contribution in [0.25, 0.3) is 0 Å². The standard InChI is InChI=1S/C15H19NO2/c1-9-6-10(2)14(11(3)7-9)15-13(8-17-5)12(4)18-16-15/h6-8,12H,1-5H3/b13-8+. The largest absolute Gasteiger partial charge is 0.504 e. The lowest BCUT2D eigenvalue weighted by Gasteiger charge is -2.12. The second-order valence-electron chi connectivity index (χ2n) is 4.77. The van der Waals surface area contributed by atoms with Crippen molar-refractivity contribution in [3.63, 3.8) is 0 Å². The average molecular weight is 245 g/mol. The molecule has 1 heterocycles. The number of benzene rings is 1. The molecule has 1 aromatic rings. The second kappa shape index (κ2) is 4.84. The van der Waals surface area contributed by atoms with Gasteiger partial charge in [0.05, 0.1) is 18.9 Å². The lowest BCUT2D eigenvalue weighted by molar-refractivity contribution is 0.116. The van der Waals surface area contributed by atoms with Crippen LogP contribution in [0.4, 0.5) is 0 Å². The quantitative estimate of drug-likeness (QED) is 0.749. The third kappa shape index (κ3) is 2.13. The number of aryl methyl sites for hydroxylation is 3. The molecular formula is C15H19NO2. The smallest absolute Gasteiger partial charge is 0.155 e. The Morgan fingerprint density at radius 2 is 1.83 bits per heavy atom. The van der Waals surface area contributed by atoms with Gasteiger partial charge in [-0.3, -0.25) is 0 Å². The first-order valence-corrected chi connectivity index (χ1v) is 6.10. The Morgan fingerprint density at radius 3 is 2.39 bits per heavy atom. The average Bonchev–Trinajstić information content (AvgIpc) is 2.61. The number of ether oxygens (including phenoxy) is 1. The number of oxime groups is 1. The van der Waals surface area contributed by atoms with Crippen molar-refractivity contribution in [2.24, 2.45) is 5.16 Å². The topological polar surface area (TPSA) is 30.8 Å². The third-order valence-electron chi connectivity index (χ3n) is 3.17. The number of nitrogens with zero attached hydrogens (tertiary/aromatic N) is 1. The van der Waals surface area contributed by atoms with Gasteiger partial charge in [-0.25, -0.2) is 0 Å². The molecule has 0 saturated heterocycles. The molecule has 1 unspecified atom stereocenters. The Labute approximate surface area is 108 Å². The molecule has 0 fully saturated rings. The highest BCUT2D eigenvalue weighted by molar-refractivity contribution is 6.15. The van der Waals surface area contributed by atoms with Gasteiger partial charge in [0.15, 0.2) is 6.10 Å². The molecule has 18 heavy (non-hydrogen) atoms. The molecule has 1 aromatic carbocycles. The van der Waals surface area contributed by atoms with E-state index in [9.17, 15) is 0 Å². The van der Waals surface area contributed by atoms with Gasteiger partial charge in [0.1, 0.15) is 5.71 Å². The maximum absolute atomic E-state index is 5.36. The van der Waals surface area contributed by atoms with Crippen molar-refractivity contribution >= 4 is 5.71 Å². The summed E-state index contributed by atoms with van der Waals surface area (Å²) in [5.41, 5.74) is 6.72. The molecule has 0 amide bonds. The molecule has 0 aliphatic carbocycles. The van der Waals surface area contributed by atoms with Gasteiger partial charge in [-0.2, -0.15) is 0 Å². The summed E-state index contributed by atoms with van der Waals surface area (Å²) in [6, 6.07) is 4.33. The molecule has 1 aliphatic heterocycles. The van der Waals surface area contributed by atoms with E-state index in [1.54, 1.807) is 13.4 Å². The van der Waals surface area contributed by atoms with E-state index in [1.807, 2.05) is 6.92 Å². The lowest BCUT2D eigenvalue weighted by atomic mass is 9.91. The number of hydrogen-bond acceptors (Lipinski definition) is 3. The van der Waals surface area contributed by atoms with Crippen LogP contribution in [0.1, 0.15) is 29.2 Å². The summed E-state index contributed by atoms with van der Waals surface area (Å²) in [6.45, 7) is 8.28. The van der Waals surface area contributed by atoms with Crippen LogP contribution in [0.2, 0.25) is 0 Å². The Morgan fingerprint density at radius 1 is 1.22 bits per heavy atom. The van der Waals surface area contributed by atoms with Crippen LogP contribution in [0, 0.1) is 20.8 Å². The number of rotatable bonds is 2. The highest BCUT2D eigenvalue weighted by Crippen LogP contribution is 2.27. The first kappa shape index (κ1) is 12.7. The van der Waals surface area contributed by atoms with Crippen molar-refractivity contribution in [3.8, 4) is 0 Å². The minimum atomic E-state index is -0.0555. The molecule has 0 saturated carbocycles. The molecule has 3 heteroatoms.